The molecule has 17 heavy (non-hydrogen) atoms. The summed E-state index contributed by atoms with van der Waals surface area (Å²) in [6.45, 7) is 0.868. The van der Waals surface area contributed by atoms with Gasteiger partial charge in [-0.1, -0.05) is 12.1 Å². The maximum Gasteiger partial charge on any atom is 0.306 e. The molecule has 2 unspecified atom stereocenters. The van der Waals surface area contributed by atoms with Crippen molar-refractivity contribution >= 4 is 11.7 Å². The highest BCUT2D eigenvalue weighted by Gasteiger charge is 2.22. The molecule has 0 saturated heterocycles. The molecule has 5 nitrogen and oxygen atoms in total. The van der Waals surface area contributed by atoms with Crippen LogP contribution in [0.2, 0.25) is 0 Å². The van der Waals surface area contributed by atoms with Crippen molar-refractivity contribution in [3.63, 3.8) is 0 Å². The molecule has 1 heterocycles. The average Bonchev–Trinajstić information content (AvgIpc) is 2.73. The normalized spacial score (nSPS) is 17.1. The van der Waals surface area contributed by atoms with Gasteiger partial charge in [0.05, 0.1) is 12.5 Å². The Morgan fingerprint density at radius 1 is 1.41 bits per heavy atom. The fourth-order valence-electron chi connectivity index (χ4n) is 2.02. The number of carboxylic acid groups (broad SMARTS) is 1. The van der Waals surface area contributed by atoms with Gasteiger partial charge in [0.1, 0.15) is 6.10 Å². The monoisotopic (exact) mass is 237 g/mol. The third kappa shape index (κ3) is 2.57. The van der Waals surface area contributed by atoms with Crippen LogP contribution in [0.4, 0.5) is 5.69 Å². The SMILES string of the molecule is O=C(O)CC(O)C(O)c1ccc2c(c1)CCN2. The maximum absolute atomic E-state index is 10.5. The zero-order chi connectivity index (χ0) is 12.4. The predicted octanol–water partition coefficient (Wildman–Crippen LogP) is 0.524. The summed E-state index contributed by atoms with van der Waals surface area (Å²) in [4.78, 5) is 10.5. The van der Waals surface area contributed by atoms with Crippen LogP contribution < -0.4 is 5.32 Å². The summed E-state index contributed by atoms with van der Waals surface area (Å²) in [5.41, 5.74) is 2.68. The molecule has 4 N–H and O–H groups in total. The van der Waals surface area contributed by atoms with Crippen molar-refractivity contribution in [3.05, 3.63) is 29.3 Å². The molecule has 0 aliphatic carbocycles. The molecule has 0 amide bonds. The van der Waals surface area contributed by atoms with Crippen molar-refractivity contribution in [2.45, 2.75) is 25.0 Å². The molecule has 0 aromatic heterocycles. The first-order chi connectivity index (χ1) is 8.08. The maximum atomic E-state index is 10.5. The molecule has 1 aromatic rings. The Balaban J connectivity index is 2.14. The summed E-state index contributed by atoms with van der Waals surface area (Å²) in [5, 5.41) is 31.1. The number of fused-ring (bicyclic) bond motifs is 1. The predicted molar refractivity (Wildman–Crippen MR) is 61.9 cm³/mol. The van der Waals surface area contributed by atoms with Crippen molar-refractivity contribution in [2.24, 2.45) is 0 Å². The Morgan fingerprint density at radius 3 is 2.88 bits per heavy atom. The quantitative estimate of drug-likeness (QED) is 0.613. The van der Waals surface area contributed by atoms with E-state index in [4.69, 9.17) is 5.11 Å². The van der Waals surface area contributed by atoms with E-state index in [0.29, 0.717) is 5.56 Å². The van der Waals surface area contributed by atoms with E-state index in [-0.39, 0.29) is 0 Å². The molecule has 1 aliphatic rings. The summed E-state index contributed by atoms with van der Waals surface area (Å²) in [7, 11) is 0. The minimum Gasteiger partial charge on any atom is -0.481 e. The van der Waals surface area contributed by atoms with Gasteiger partial charge in [-0.2, -0.15) is 0 Å². The van der Waals surface area contributed by atoms with E-state index in [1.807, 2.05) is 12.1 Å². The van der Waals surface area contributed by atoms with Gasteiger partial charge in [-0.3, -0.25) is 4.79 Å². The number of anilines is 1. The Morgan fingerprint density at radius 2 is 2.18 bits per heavy atom. The standard InChI is InChI=1S/C12H15NO4/c14-10(6-11(15)16)12(17)8-1-2-9-7(5-8)3-4-13-9/h1-2,5,10,12-14,17H,3-4,6H2,(H,15,16). The number of aliphatic hydroxyl groups excluding tert-OH is 2. The van der Waals surface area contributed by atoms with Crippen molar-refractivity contribution in [3.8, 4) is 0 Å². The first-order valence-corrected chi connectivity index (χ1v) is 5.52. The lowest BCUT2D eigenvalue weighted by molar-refractivity contribution is -0.141. The van der Waals surface area contributed by atoms with Crippen molar-refractivity contribution in [1.29, 1.82) is 0 Å². The molecule has 1 aromatic carbocycles. The lowest BCUT2D eigenvalue weighted by atomic mass is 9.99. The number of nitrogens with one attached hydrogen (secondary N) is 1. The van der Waals surface area contributed by atoms with Crippen molar-refractivity contribution in [2.75, 3.05) is 11.9 Å². The topological polar surface area (TPSA) is 89.8 Å². The fourth-order valence-corrected chi connectivity index (χ4v) is 2.02. The van der Waals surface area contributed by atoms with E-state index in [1.165, 1.54) is 0 Å². The third-order valence-electron chi connectivity index (χ3n) is 2.93. The average molecular weight is 237 g/mol. The second-order valence-corrected chi connectivity index (χ2v) is 4.20. The van der Waals surface area contributed by atoms with Gasteiger partial charge in [-0.25, -0.2) is 0 Å². The second kappa shape index (κ2) is 4.73. The van der Waals surface area contributed by atoms with Crippen LogP contribution >= 0.6 is 0 Å². The summed E-state index contributed by atoms with van der Waals surface area (Å²) in [5.74, 6) is -1.13. The molecule has 0 saturated carbocycles. The number of carbonyl (C=O) groups is 1. The van der Waals surface area contributed by atoms with Crippen LogP contribution in [0.25, 0.3) is 0 Å². The van der Waals surface area contributed by atoms with E-state index in [2.05, 4.69) is 5.32 Å². The lowest BCUT2D eigenvalue weighted by Crippen LogP contribution is -2.21. The lowest BCUT2D eigenvalue weighted by Gasteiger charge is -2.17. The van der Waals surface area contributed by atoms with Crippen molar-refractivity contribution in [1.82, 2.24) is 0 Å². The largest absolute Gasteiger partial charge is 0.481 e. The van der Waals surface area contributed by atoms with Crippen LogP contribution in [-0.4, -0.2) is 33.9 Å². The van der Waals surface area contributed by atoms with Gasteiger partial charge in [-0.05, 0) is 23.6 Å². The molecular formula is C12H15NO4. The number of rotatable bonds is 4. The molecule has 1 aliphatic heterocycles. The van der Waals surface area contributed by atoms with E-state index < -0.39 is 24.6 Å². The summed E-state index contributed by atoms with van der Waals surface area (Å²) in [6, 6.07) is 5.35. The molecule has 0 spiro atoms. The second-order valence-electron chi connectivity index (χ2n) is 4.20. The van der Waals surface area contributed by atoms with Gasteiger partial charge >= 0.3 is 5.97 Å². The third-order valence-corrected chi connectivity index (χ3v) is 2.93. The van der Waals surface area contributed by atoms with Gasteiger partial charge in [0.2, 0.25) is 0 Å². The summed E-state index contributed by atoms with van der Waals surface area (Å²) >= 11 is 0. The van der Waals surface area contributed by atoms with Crippen LogP contribution in [0.3, 0.4) is 0 Å². The molecule has 92 valence electrons. The number of aliphatic carboxylic acids is 1. The Bertz CT molecular complexity index is 433. The zero-order valence-electron chi connectivity index (χ0n) is 9.26. The number of hydrogen-bond donors (Lipinski definition) is 4. The smallest absolute Gasteiger partial charge is 0.306 e. The minimum absolute atomic E-state index is 0.462. The Hall–Kier alpha value is -1.59. The molecule has 2 rings (SSSR count). The summed E-state index contributed by atoms with van der Waals surface area (Å²) in [6.07, 6.45) is -2.02. The molecule has 2 atom stereocenters. The molecule has 5 heteroatoms. The first-order valence-electron chi connectivity index (χ1n) is 5.52. The van der Waals surface area contributed by atoms with E-state index in [1.54, 1.807) is 6.07 Å². The fraction of sp³-hybridized carbons (Fsp3) is 0.417. The van der Waals surface area contributed by atoms with Gasteiger partial charge < -0.3 is 20.6 Å². The first kappa shape index (κ1) is 11.9. The van der Waals surface area contributed by atoms with Gasteiger partial charge in [0, 0.05) is 12.2 Å². The Labute approximate surface area is 98.7 Å². The minimum atomic E-state index is -1.28. The number of carboxylic acids is 1. The van der Waals surface area contributed by atoms with E-state index in [9.17, 15) is 15.0 Å². The van der Waals surface area contributed by atoms with Gasteiger partial charge in [0.25, 0.3) is 0 Å². The molecule has 0 fully saturated rings. The van der Waals surface area contributed by atoms with Crippen LogP contribution in [0, 0.1) is 0 Å². The van der Waals surface area contributed by atoms with Gasteiger partial charge in [0.15, 0.2) is 0 Å². The Kier molecular flexibility index (Phi) is 3.31. The number of benzene rings is 1. The molecular weight excluding hydrogens is 222 g/mol. The van der Waals surface area contributed by atoms with Gasteiger partial charge in [-0.15, -0.1) is 0 Å². The van der Waals surface area contributed by atoms with Crippen LogP contribution in [0.5, 0.6) is 0 Å². The highest BCUT2D eigenvalue weighted by atomic mass is 16.4. The van der Waals surface area contributed by atoms with E-state index in [0.717, 1.165) is 24.2 Å². The van der Waals surface area contributed by atoms with E-state index >= 15 is 0 Å². The molecule has 0 radical (unpaired) electrons. The van der Waals surface area contributed by atoms with Crippen LogP contribution in [0.1, 0.15) is 23.7 Å². The van der Waals surface area contributed by atoms with Crippen molar-refractivity contribution < 1.29 is 20.1 Å². The highest BCUT2D eigenvalue weighted by molar-refractivity contribution is 5.67. The van der Waals surface area contributed by atoms with Crippen LogP contribution in [-0.2, 0) is 11.2 Å². The number of hydrogen-bond acceptors (Lipinski definition) is 4. The highest BCUT2D eigenvalue weighted by Crippen LogP contribution is 2.27. The number of aliphatic hydroxyl groups is 2. The zero-order valence-corrected chi connectivity index (χ0v) is 9.26. The summed E-state index contributed by atoms with van der Waals surface area (Å²) < 4.78 is 0. The molecule has 0 bridgehead atoms. The van der Waals surface area contributed by atoms with Crippen LogP contribution in [0.15, 0.2) is 18.2 Å².